The van der Waals surface area contributed by atoms with Gasteiger partial charge in [-0.1, -0.05) is 29.3 Å². The number of rotatable bonds is 3. The molecule has 2 rings (SSSR count). The minimum atomic E-state index is -0.248. The van der Waals surface area contributed by atoms with Crippen molar-refractivity contribution < 1.29 is 14.3 Å². The van der Waals surface area contributed by atoms with Crippen molar-refractivity contribution in [3.05, 3.63) is 33.8 Å². The Morgan fingerprint density at radius 3 is 2.76 bits per heavy atom. The molecule has 1 aromatic rings. The van der Waals surface area contributed by atoms with Gasteiger partial charge in [-0.3, -0.25) is 9.59 Å². The van der Waals surface area contributed by atoms with E-state index in [0.29, 0.717) is 23.1 Å². The number of halogens is 2. The second kappa shape index (κ2) is 7.14. The van der Waals surface area contributed by atoms with Gasteiger partial charge < -0.3 is 9.64 Å². The maximum Gasteiger partial charge on any atom is 0.310 e. The molecule has 1 amide bonds. The molecule has 0 bridgehead atoms. The molecule has 1 aliphatic heterocycles. The highest BCUT2D eigenvalue weighted by atomic mass is 35.5. The second-order valence-electron chi connectivity index (χ2n) is 5.13. The van der Waals surface area contributed by atoms with Crippen molar-refractivity contribution in [2.45, 2.75) is 19.3 Å². The van der Waals surface area contributed by atoms with Crippen molar-refractivity contribution >= 4 is 35.1 Å². The van der Waals surface area contributed by atoms with E-state index in [2.05, 4.69) is 0 Å². The molecule has 1 aliphatic rings. The zero-order chi connectivity index (χ0) is 15.4. The third-order valence-electron chi connectivity index (χ3n) is 3.65. The lowest BCUT2D eigenvalue weighted by Gasteiger charge is -2.31. The summed E-state index contributed by atoms with van der Waals surface area (Å²) >= 11 is 11.8. The molecule has 0 saturated carbocycles. The van der Waals surface area contributed by atoms with Crippen LogP contribution in [0.3, 0.4) is 0 Å². The summed E-state index contributed by atoms with van der Waals surface area (Å²) in [4.78, 5) is 25.6. The molecule has 21 heavy (non-hydrogen) atoms. The van der Waals surface area contributed by atoms with E-state index >= 15 is 0 Å². The van der Waals surface area contributed by atoms with E-state index in [1.165, 1.54) is 7.11 Å². The molecule has 1 fully saturated rings. The van der Waals surface area contributed by atoms with Gasteiger partial charge in [0.25, 0.3) is 0 Å². The molecule has 0 N–H and O–H groups in total. The van der Waals surface area contributed by atoms with Crippen LogP contribution in [-0.2, 0) is 20.7 Å². The predicted molar refractivity (Wildman–Crippen MR) is 81.5 cm³/mol. The number of carbonyl (C=O) groups excluding carboxylic acids is 2. The fourth-order valence-corrected chi connectivity index (χ4v) is 2.82. The van der Waals surface area contributed by atoms with E-state index in [0.717, 1.165) is 18.4 Å². The summed E-state index contributed by atoms with van der Waals surface area (Å²) < 4.78 is 4.76. The molecule has 0 aromatic heterocycles. The van der Waals surface area contributed by atoms with Crippen LogP contribution in [0, 0.1) is 5.92 Å². The molecule has 114 valence electrons. The smallest absolute Gasteiger partial charge is 0.310 e. The summed E-state index contributed by atoms with van der Waals surface area (Å²) in [5.41, 5.74) is 0.814. The maximum atomic E-state index is 12.3. The topological polar surface area (TPSA) is 46.6 Å². The van der Waals surface area contributed by atoms with Gasteiger partial charge >= 0.3 is 5.97 Å². The first-order valence-corrected chi connectivity index (χ1v) is 7.56. The Morgan fingerprint density at radius 1 is 1.33 bits per heavy atom. The average Bonchev–Trinajstić information content (AvgIpc) is 2.50. The lowest BCUT2D eigenvalue weighted by atomic mass is 9.97. The van der Waals surface area contributed by atoms with Gasteiger partial charge in [-0.2, -0.15) is 0 Å². The van der Waals surface area contributed by atoms with Gasteiger partial charge in [0.15, 0.2) is 0 Å². The Balaban J connectivity index is 1.99. The van der Waals surface area contributed by atoms with Crippen LogP contribution in [0.4, 0.5) is 0 Å². The van der Waals surface area contributed by atoms with Gasteiger partial charge in [0, 0.05) is 13.1 Å². The number of hydrogen-bond donors (Lipinski definition) is 0. The van der Waals surface area contributed by atoms with Gasteiger partial charge in [-0.05, 0) is 30.5 Å². The fraction of sp³-hybridized carbons (Fsp3) is 0.467. The first kappa shape index (κ1) is 16.1. The number of amides is 1. The van der Waals surface area contributed by atoms with Crippen LogP contribution >= 0.6 is 23.2 Å². The number of esters is 1. The average molecular weight is 330 g/mol. The van der Waals surface area contributed by atoms with Crippen LogP contribution < -0.4 is 0 Å². The fourth-order valence-electron chi connectivity index (χ4n) is 2.50. The maximum absolute atomic E-state index is 12.3. The van der Waals surface area contributed by atoms with Crippen molar-refractivity contribution in [2.75, 3.05) is 20.2 Å². The van der Waals surface area contributed by atoms with Crippen LogP contribution in [0.25, 0.3) is 0 Å². The van der Waals surface area contributed by atoms with Crippen LogP contribution in [0.2, 0.25) is 10.0 Å². The SMILES string of the molecule is COC(=O)C1CCCN(C(=O)Cc2ccc(Cl)c(Cl)c2)C1. The Labute approximate surface area is 134 Å². The van der Waals surface area contributed by atoms with Crippen LogP contribution in [-0.4, -0.2) is 37.0 Å². The molecule has 0 radical (unpaired) electrons. The van der Waals surface area contributed by atoms with Crippen LogP contribution in [0.5, 0.6) is 0 Å². The number of ether oxygens (including phenoxy) is 1. The summed E-state index contributed by atoms with van der Waals surface area (Å²) in [6, 6.07) is 5.16. The predicted octanol–water partition coefficient (Wildman–Crippen LogP) is 2.95. The quantitative estimate of drug-likeness (QED) is 0.801. The first-order chi connectivity index (χ1) is 10.0. The van der Waals surface area contributed by atoms with Crippen LogP contribution in [0.15, 0.2) is 18.2 Å². The number of hydrogen-bond acceptors (Lipinski definition) is 3. The normalized spacial score (nSPS) is 18.4. The number of nitrogens with zero attached hydrogens (tertiary/aromatic N) is 1. The number of piperidine rings is 1. The lowest BCUT2D eigenvalue weighted by Crippen LogP contribution is -2.43. The Hall–Kier alpha value is -1.26. The highest BCUT2D eigenvalue weighted by Crippen LogP contribution is 2.24. The van der Waals surface area contributed by atoms with Gasteiger partial charge in [-0.15, -0.1) is 0 Å². The van der Waals surface area contributed by atoms with Crippen molar-refractivity contribution in [2.24, 2.45) is 5.92 Å². The van der Waals surface area contributed by atoms with Crippen molar-refractivity contribution in [1.82, 2.24) is 4.90 Å². The standard InChI is InChI=1S/C15H17Cl2NO3/c1-21-15(20)11-3-2-6-18(9-11)14(19)8-10-4-5-12(16)13(17)7-10/h4-5,7,11H,2-3,6,8-9H2,1H3. The van der Waals surface area contributed by atoms with Gasteiger partial charge in [0.05, 0.1) is 29.5 Å². The molecule has 1 saturated heterocycles. The lowest BCUT2D eigenvalue weighted by molar-refractivity contribution is -0.148. The molecule has 0 aliphatic carbocycles. The Bertz CT molecular complexity index is 548. The van der Waals surface area contributed by atoms with Crippen molar-refractivity contribution in [3.8, 4) is 0 Å². The molecule has 1 atom stereocenters. The van der Waals surface area contributed by atoms with Gasteiger partial charge in [0.1, 0.15) is 0 Å². The minimum absolute atomic E-state index is 0.0120. The van der Waals surface area contributed by atoms with E-state index < -0.39 is 0 Å². The molecule has 1 aromatic carbocycles. The van der Waals surface area contributed by atoms with Gasteiger partial charge in [-0.25, -0.2) is 0 Å². The van der Waals surface area contributed by atoms with Crippen LogP contribution in [0.1, 0.15) is 18.4 Å². The number of likely N-dealkylation sites (tertiary alicyclic amines) is 1. The van der Waals surface area contributed by atoms with E-state index in [9.17, 15) is 9.59 Å². The van der Waals surface area contributed by atoms with E-state index in [1.54, 1.807) is 23.1 Å². The van der Waals surface area contributed by atoms with Crippen molar-refractivity contribution in [1.29, 1.82) is 0 Å². The number of carbonyl (C=O) groups is 2. The van der Waals surface area contributed by atoms with E-state index in [4.69, 9.17) is 27.9 Å². The first-order valence-electron chi connectivity index (χ1n) is 6.80. The Morgan fingerprint density at radius 2 is 2.10 bits per heavy atom. The monoisotopic (exact) mass is 329 g/mol. The molecule has 1 heterocycles. The molecular weight excluding hydrogens is 313 g/mol. The number of benzene rings is 1. The molecule has 6 heteroatoms. The Kier molecular flexibility index (Phi) is 5.48. The van der Waals surface area contributed by atoms with E-state index in [-0.39, 0.29) is 24.2 Å². The minimum Gasteiger partial charge on any atom is -0.469 e. The number of methoxy groups -OCH3 is 1. The zero-order valence-electron chi connectivity index (χ0n) is 11.8. The molecule has 4 nitrogen and oxygen atoms in total. The van der Waals surface area contributed by atoms with E-state index in [1.807, 2.05) is 0 Å². The summed E-state index contributed by atoms with van der Waals surface area (Å²) in [6.07, 6.45) is 1.83. The third kappa shape index (κ3) is 4.11. The largest absolute Gasteiger partial charge is 0.469 e. The highest BCUT2D eigenvalue weighted by molar-refractivity contribution is 6.42. The third-order valence-corrected chi connectivity index (χ3v) is 4.39. The summed E-state index contributed by atoms with van der Waals surface area (Å²) in [7, 11) is 1.37. The zero-order valence-corrected chi connectivity index (χ0v) is 13.3. The molecule has 0 spiro atoms. The summed E-state index contributed by atoms with van der Waals surface area (Å²) in [5, 5.41) is 0.907. The summed E-state index contributed by atoms with van der Waals surface area (Å²) in [5.74, 6) is -0.481. The second-order valence-corrected chi connectivity index (χ2v) is 5.94. The molecule has 1 unspecified atom stereocenters. The van der Waals surface area contributed by atoms with Crippen molar-refractivity contribution in [3.63, 3.8) is 0 Å². The molecular formula is C15H17Cl2NO3. The summed E-state index contributed by atoms with van der Waals surface area (Å²) in [6.45, 7) is 1.10. The van der Waals surface area contributed by atoms with Gasteiger partial charge in [0.2, 0.25) is 5.91 Å². The highest BCUT2D eigenvalue weighted by Gasteiger charge is 2.28.